The molecule has 12 heteroatoms. The predicted molar refractivity (Wildman–Crippen MR) is 64.3 cm³/mol. The molecule has 21 heavy (non-hydrogen) atoms. The molecule has 2 N–H and O–H groups in total. The van der Waals surface area contributed by atoms with Gasteiger partial charge in [0.2, 0.25) is 0 Å². The normalized spacial score (nSPS) is 12.1. The predicted octanol–water partition coefficient (Wildman–Crippen LogP) is 0.594. The van der Waals surface area contributed by atoms with E-state index in [2.05, 4.69) is 0 Å². The van der Waals surface area contributed by atoms with Gasteiger partial charge in [0, 0.05) is 13.0 Å². The van der Waals surface area contributed by atoms with E-state index in [9.17, 15) is 31.0 Å². The molecular formula is C9H16F4N3O4S+. The van der Waals surface area contributed by atoms with E-state index >= 15 is 0 Å². The second-order valence-corrected chi connectivity index (χ2v) is 6.44. The average Bonchev–Trinajstić information content (AvgIpc) is 2.20. The largest absolute Gasteiger partial charge is 0.477 e. The van der Waals surface area contributed by atoms with Gasteiger partial charge in [0.1, 0.15) is 0 Å². The van der Waals surface area contributed by atoms with Crippen molar-refractivity contribution in [2.75, 3.05) is 33.7 Å². The van der Waals surface area contributed by atoms with Crippen LogP contribution in [0.5, 0.6) is 0 Å². The maximum atomic E-state index is 12.2. The Bertz CT molecular complexity index is 503. The molecule has 0 amide bonds. The summed E-state index contributed by atoms with van der Waals surface area (Å²) in [5.74, 6) is -1.06. The Labute approximate surface area is 118 Å². The summed E-state index contributed by atoms with van der Waals surface area (Å²) in [5, 5.41) is 4.04. The molecule has 0 bridgehead atoms. The van der Waals surface area contributed by atoms with E-state index in [0.29, 0.717) is 0 Å². The van der Waals surface area contributed by atoms with Crippen LogP contribution in [0.15, 0.2) is 11.1 Å². The number of rotatable bonds is 9. The monoisotopic (exact) mass is 338 g/mol. The lowest BCUT2D eigenvalue weighted by Crippen LogP contribution is -2.45. The van der Waals surface area contributed by atoms with Crippen LogP contribution in [0.4, 0.5) is 17.7 Å². The quantitative estimate of drug-likeness (QED) is 0.278. The summed E-state index contributed by atoms with van der Waals surface area (Å²) in [4.78, 5) is 10.5. The Hall–Kier alpha value is -1.40. The molecule has 0 saturated carbocycles. The third kappa shape index (κ3) is 7.24. The van der Waals surface area contributed by atoms with E-state index in [0.717, 1.165) is 0 Å². The topological polar surface area (TPSA) is 86.7 Å². The highest BCUT2D eigenvalue weighted by atomic mass is 32.2. The summed E-state index contributed by atoms with van der Waals surface area (Å²) in [6, 6.07) is 0. The van der Waals surface area contributed by atoms with Crippen molar-refractivity contribution >= 4 is 16.0 Å². The Morgan fingerprint density at radius 3 is 2.19 bits per heavy atom. The van der Waals surface area contributed by atoms with Crippen molar-refractivity contribution in [2.24, 2.45) is 0 Å². The molecule has 7 nitrogen and oxygen atoms in total. The summed E-state index contributed by atoms with van der Waals surface area (Å²) in [5.41, 5.74) is 0. The first-order chi connectivity index (χ1) is 9.39. The highest BCUT2D eigenvalue weighted by Crippen LogP contribution is 2.19. The number of hydrogen-bond donors (Lipinski definition) is 2. The van der Waals surface area contributed by atoms with Crippen LogP contribution in [-0.2, 0) is 14.8 Å². The molecule has 0 aliphatic rings. The molecular weight excluding hydrogens is 322 g/mol. The lowest BCUT2D eigenvalue weighted by Gasteiger charge is -2.27. The number of halogens is 4. The van der Waals surface area contributed by atoms with Crippen molar-refractivity contribution in [3.05, 3.63) is 11.1 Å². The summed E-state index contributed by atoms with van der Waals surface area (Å²) >= 11 is 0. The van der Waals surface area contributed by atoms with E-state index in [1.807, 2.05) is 0 Å². The number of carboxylic acids is 1. The molecule has 0 rings (SSSR count). The fourth-order valence-electron chi connectivity index (χ4n) is 1.48. The first-order valence-corrected chi connectivity index (χ1v) is 7.08. The van der Waals surface area contributed by atoms with E-state index in [-0.39, 0.29) is 30.5 Å². The molecule has 0 spiro atoms. The molecule has 0 radical (unpaired) electrons. The van der Waals surface area contributed by atoms with Gasteiger partial charge in [-0.1, -0.05) is 8.96 Å². The second kappa shape index (κ2) is 7.56. The van der Waals surface area contributed by atoms with Crippen LogP contribution >= 0.6 is 0 Å². The third-order valence-corrected chi connectivity index (χ3v) is 3.75. The lowest BCUT2D eigenvalue weighted by molar-refractivity contribution is -0.883. The minimum absolute atomic E-state index is 0.0234. The number of likely N-dealkylation sites (N-methyl/N-ethyl adjacent to an activating group) is 1. The molecule has 124 valence electrons. The van der Waals surface area contributed by atoms with Crippen molar-refractivity contribution in [3.63, 3.8) is 0 Å². The average molecular weight is 338 g/mol. The first kappa shape index (κ1) is 19.6. The van der Waals surface area contributed by atoms with Gasteiger partial charge in [0.25, 0.3) is 15.1 Å². The van der Waals surface area contributed by atoms with Gasteiger partial charge in [0.05, 0.1) is 20.6 Å². The maximum absolute atomic E-state index is 12.2. The summed E-state index contributed by atoms with van der Waals surface area (Å²) in [6.07, 6.45) is -2.95. The van der Waals surface area contributed by atoms with Gasteiger partial charge in [-0.05, 0) is 5.34 Å². The number of nitrogens with zero attached hydrogens (tertiary/aromatic N) is 2. The molecule has 0 aromatic carbocycles. The molecule has 0 heterocycles. The molecule has 0 unspecified atom stereocenters. The van der Waals surface area contributed by atoms with Crippen LogP contribution in [0.2, 0.25) is 0 Å². The zero-order valence-electron chi connectivity index (χ0n) is 11.3. The third-order valence-electron chi connectivity index (χ3n) is 2.37. The summed E-state index contributed by atoms with van der Waals surface area (Å²) in [7, 11) is -1.89. The van der Waals surface area contributed by atoms with Crippen LogP contribution in [0, 0.1) is 0 Å². The molecule has 0 saturated heterocycles. The highest BCUT2D eigenvalue weighted by Gasteiger charge is 2.30. The minimum atomic E-state index is -5.03. The van der Waals surface area contributed by atoms with Crippen LogP contribution in [0.1, 0.15) is 6.42 Å². The number of carbonyl (C=O) groups is 1. The van der Waals surface area contributed by atoms with Crippen LogP contribution < -0.4 is 4.72 Å². The molecule has 0 aromatic rings. The van der Waals surface area contributed by atoms with E-state index < -0.39 is 32.4 Å². The van der Waals surface area contributed by atoms with Gasteiger partial charge < -0.3 is 9.59 Å². The molecule has 0 aliphatic heterocycles. The van der Waals surface area contributed by atoms with Crippen molar-refractivity contribution in [3.8, 4) is 0 Å². The summed E-state index contributed by atoms with van der Waals surface area (Å²) < 4.78 is 72.6. The van der Waals surface area contributed by atoms with Gasteiger partial charge in [0.15, 0.2) is 6.54 Å². The van der Waals surface area contributed by atoms with Gasteiger partial charge in [-0.2, -0.15) is 8.78 Å². The van der Waals surface area contributed by atoms with E-state index in [4.69, 9.17) is 5.11 Å². The fraction of sp³-hybridized carbons (Fsp3) is 0.667. The number of hydrogen-bond acceptors (Lipinski definition) is 4. The number of nitrogens with one attached hydrogen (secondary N) is 1. The SMILES string of the molecule is C[N+](C)(CCCNS(=O)(=O)C(=C(F)F)N(F)F)CC(=O)O. The standard InChI is InChI=1S/C9H15F4N3O4S/c1-16(2,6-7(17)18)5-3-4-14-21(19,20)9(8(10)11)15(12)13/h14H,3-6H2,1-2H3/p+1. The Kier molecular flexibility index (Phi) is 7.06. The molecule has 0 fully saturated rings. The maximum Gasteiger partial charge on any atom is 0.359 e. The lowest BCUT2D eigenvalue weighted by atomic mass is 10.3. The first-order valence-electron chi connectivity index (χ1n) is 5.59. The van der Waals surface area contributed by atoms with Crippen molar-refractivity contribution in [1.29, 1.82) is 0 Å². The smallest absolute Gasteiger partial charge is 0.359 e. The Morgan fingerprint density at radius 2 is 1.81 bits per heavy atom. The van der Waals surface area contributed by atoms with Crippen molar-refractivity contribution in [2.45, 2.75) is 6.42 Å². The fourth-order valence-corrected chi connectivity index (χ4v) is 2.42. The zero-order chi connectivity index (χ0) is 16.8. The van der Waals surface area contributed by atoms with Crippen LogP contribution in [0.25, 0.3) is 0 Å². The van der Waals surface area contributed by atoms with Crippen molar-refractivity contribution in [1.82, 2.24) is 10.1 Å². The minimum Gasteiger partial charge on any atom is -0.477 e. The number of aliphatic carboxylic acids is 1. The zero-order valence-corrected chi connectivity index (χ0v) is 12.1. The number of quaternary nitrogens is 1. The molecule has 0 aliphatic carbocycles. The second-order valence-electron chi connectivity index (χ2n) is 4.76. The van der Waals surface area contributed by atoms with Crippen LogP contribution in [0.3, 0.4) is 0 Å². The van der Waals surface area contributed by atoms with E-state index in [1.54, 1.807) is 18.8 Å². The van der Waals surface area contributed by atoms with Gasteiger partial charge in [-0.3, -0.25) is 0 Å². The van der Waals surface area contributed by atoms with Gasteiger partial charge in [-0.15, -0.1) is 0 Å². The number of carboxylic acid groups (broad SMARTS) is 1. The number of sulfonamides is 1. The van der Waals surface area contributed by atoms with Crippen LogP contribution in [-0.4, -0.2) is 63.1 Å². The van der Waals surface area contributed by atoms with Gasteiger partial charge >= 0.3 is 12.0 Å². The molecule has 0 aromatic heterocycles. The Balaban J connectivity index is 4.54. The molecule has 0 atom stereocenters. The van der Waals surface area contributed by atoms with Crippen molar-refractivity contribution < 1.29 is 40.5 Å². The summed E-state index contributed by atoms with van der Waals surface area (Å²) in [6.45, 7) is -0.394. The van der Waals surface area contributed by atoms with Gasteiger partial charge in [-0.25, -0.2) is 17.9 Å². The highest BCUT2D eigenvalue weighted by molar-refractivity contribution is 7.93. The Morgan fingerprint density at radius 1 is 1.29 bits per heavy atom. The van der Waals surface area contributed by atoms with E-state index in [1.165, 1.54) is 0 Å².